The average molecular weight is 204 g/mol. The molecule has 0 bridgehead atoms. The van der Waals surface area contributed by atoms with E-state index in [4.69, 9.17) is 5.26 Å². The zero-order chi connectivity index (χ0) is 11.4. The normalized spacial score (nSPS) is 9.20. The van der Waals surface area contributed by atoms with Crippen molar-refractivity contribution in [2.45, 2.75) is 20.8 Å². The van der Waals surface area contributed by atoms with E-state index in [1.807, 2.05) is 19.9 Å². The van der Waals surface area contributed by atoms with Gasteiger partial charge in [-0.15, -0.1) is 0 Å². The second-order valence-corrected chi connectivity index (χ2v) is 3.39. The molecule has 0 aliphatic carbocycles. The Hall–Kier alpha value is -2.09. The molecule has 0 saturated carbocycles. The summed E-state index contributed by atoms with van der Waals surface area (Å²) in [6.45, 7) is 5.36. The van der Waals surface area contributed by atoms with Crippen LogP contribution in [0.2, 0.25) is 0 Å². The van der Waals surface area contributed by atoms with Crippen molar-refractivity contribution in [1.82, 2.24) is 10.2 Å². The van der Waals surface area contributed by atoms with E-state index in [0.717, 1.165) is 5.57 Å². The molecule has 0 aliphatic rings. The molecule has 15 heavy (non-hydrogen) atoms. The van der Waals surface area contributed by atoms with Crippen molar-refractivity contribution in [3.8, 4) is 6.07 Å². The first-order valence-electron chi connectivity index (χ1n) is 4.45. The summed E-state index contributed by atoms with van der Waals surface area (Å²) in [7, 11) is 0. The number of nitrogens with zero attached hydrogens (tertiary/aromatic N) is 2. The predicted molar refractivity (Wildman–Crippen MR) is 56.1 cm³/mol. The highest BCUT2D eigenvalue weighted by molar-refractivity contribution is 5.99. The van der Waals surface area contributed by atoms with Gasteiger partial charge < -0.3 is 5.32 Å². The Morgan fingerprint density at radius 2 is 2.27 bits per heavy atom. The number of carbonyl (C=O) groups is 1. The summed E-state index contributed by atoms with van der Waals surface area (Å²) in [5.41, 5.74) is 1.90. The fourth-order valence-electron chi connectivity index (χ4n) is 1.07. The van der Waals surface area contributed by atoms with E-state index in [-0.39, 0.29) is 11.7 Å². The highest BCUT2D eigenvalue weighted by Gasteiger charge is 2.10. The van der Waals surface area contributed by atoms with Crippen molar-refractivity contribution in [3.05, 3.63) is 22.9 Å². The molecule has 1 heterocycles. The third kappa shape index (κ3) is 2.68. The zero-order valence-corrected chi connectivity index (χ0v) is 8.88. The molecule has 0 aromatic carbocycles. The largest absolute Gasteiger partial charge is 0.304 e. The minimum absolute atomic E-state index is 0.275. The van der Waals surface area contributed by atoms with Gasteiger partial charge in [0.15, 0.2) is 5.82 Å². The molecule has 1 aromatic heterocycles. The van der Waals surface area contributed by atoms with Crippen LogP contribution in [-0.2, 0) is 4.79 Å². The number of nitriles is 1. The van der Waals surface area contributed by atoms with Gasteiger partial charge in [0.1, 0.15) is 11.6 Å². The first kappa shape index (κ1) is 11.0. The van der Waals surface area contributed by atoms with E-state index in [2.05, 4.69) is 15.5 Å². The van der Waals surface area contributed by atoms with Gasteiger partial charge in [0.05, 0.1) is 5.69 Å². The number of hydrogen-bond donors (Lipinski definition) is 2. The van der Waals surface area contributed by atoms with Gasteiger partial charge in [-0.25, -0.2) is 0 Å². The highest BCUT2D eigenvalue weighted by atomic mass is 16.1. The Morgan fingerprint density at radius 3 is 2.80 bits per heavy atom. The predicted octanol–water partition coefficient (Wildman–Crippen LogP) is 1.49. The second kappa shape index (κ2) is 4.42. The topological polar surface area (TPSA) is 81.6 Å². The van der Waals surface area contributed by atoms with Crippen LogP contribution in [-0.4, -0.2) is 16.1 Å². The number of H-pyrrole nitrogens is 1. The molecule has 0 fully saturated rings. The Kier molecular flexibility index (Phi) is 3.24. The van der Waals surface area contributed by atoms with Crippen molar-refractivity contribution in [2.24, 2.45) is 0 Å². The third-order valence-corrected chi connectivity index (χ3v) is 1.72. The van der Waals surface area contributed by atoms with Crippen LogP contribution in [0.25, 0.3) is 0 Å². The number of aryl methyl sites for hydroxylation is 1. The van der Waals surface area contributed by atoms with E-state index in [1.165, 1.54) is 6.08 Å². The van der Waals surface area contributed by atoms with Crippen molar-refractivity contribution in [3.63, 3.8) is 0 Å². The van der Waals surface area contributed by atoms with Gasteiger partial charge in [-0.2, -0.15) is 10.4 Å². The van der Waals surface area contributed by atoms with Crippen LogP contribution in [0.5, 0.6) is 0 Å². The lowest BCUT2D eigenvalue weighted by Gasteiger charge is -1.97. The molecule has 0 atom stereocenters. The Balaban J connectivity index is 2.87. The van der Waals surface area contributed by atoms with Crippen LogP contribution in [0, 0.1) is 18.3 Å². The monoisotopic (exact) mass is 204 g/mol. The van der Waals surface area contributed by atoms with Gasteiger partial charge in [-0.1, -0.05) is 5.57 Å². The Labute approximate surface area is 87.8 Å². The average Bonchev–Trinajstić information content (AvgIpc) is 2.45. The first-order chi connectivity index (χ1) is 7.04. The lowest BCUT2D eigenvalue weighted by molar-refractivity contribution is -0.112. The Bertz CT molecular complexity index is 446. The summed E-state index contributed by atoms with van der Waals surface area (Å²) in [6.07, 6.45) is 1.45. The molecule has 1 amide bonds. The van der Waals surface area contributed by atoms with Gasteiger partial charge >= 0.3 is 0 Å². The maximum atomic E-state index is 11.3. The summed E-state index contributed by atoms with van der Waals surface area (Å²) in [6, 6.07) is 1.97. The molecule has 0 saturated heterocycles. The first-order valence-corrected chi connectivity index (χ1v) is 4.45. The SMILES string of the molecule is CC(C)=CC(=O)Nc1n[nH]c(C)c1C#N. The number of anilines is 1. The number of allylic oxidation sites excluding steroid dienone is 1. The van der Waals surface area contributed by atoms with Gasteiger partial charge in [0.2, 0.25) is 5.91 Å². The molecule has 0 unspecified atom stereocenters. The molecule has 5 heteroatoms. The standard InChI is InChI=1S/C10H12N4O/c1-6(2)4-9(15)12-10-8(5-11)7(3)13-14-10/h4H,1-3H3,(H2,12,13,14,15). The number of amides is 1. The lowest BCUT2D eigenvalue weighted by atomic mass is 10.2. The van der Waals surface area contributed by atoms with Crippen molar-refractivity contribution in [1.29, 1.82) is 5.26 Å². The fraction of sp³-hybridized carbons (Fsp3) is 0.300. The quantitative estimate of drug-likeness (QED) is 0.716. The number of hydrogen-bond acceptors (Lipinski definition) is 3. The smallest absolute Gasteiger partial charge is 0.249 e. The molecular weight excluding hydrogens is 192 g/mol. The molecule has 0 aliphatic heterocycles. The molecule has 2 N–H and O–H groups in total. The van der Waals surface area contributed by atoms with Gasteiger partial charge in [-0.05, 0) is 20.8 Å². The molecular formula is C10H12N4O. The van der Waals surface area contributed by atoms with Crippen LogP contribution < -0.4 is 5.32 Å². The van der Waals surface area contributed by atoms with E-state index in [0.29, 0.717) is 11.3 Å². The molecule has 78 valence electrons. The summed E-state index contributed by atoms with van der Waals surface area (Å²) < 4.78 is 0. The fourth-order valence-corrected chi connectivity index (χ4v) is 1.07. The third-order valence-electron chi connectivity index (χ3n) is 1.72. The summed E-state index contributed by atoms with van der Waals surface area (Å²) >= 11 is 0. The highest BCUT2D eigenvalue weighted by Crippen LogP contribution is 2.13. The minimum Gasteiger partial charge on any atom is -0.304 e. The van der Waals surface area contributed by atoms with Crippen LogP contribution in [0.1, 0.15) is 25.1 Å². The van der Waals surface area contributed by atoms with Crippen LogP contribution >= 0.6 is 0 Å². The maximum Gasteiger partial charge on any atom is 0.249 e. The van der Waals surface area contributed by atoms with Crippen molar-refractivity contribution in [2.75, 3.05) is 5.32 Å². The van der Waals surface area contributed by atoms with E-state index in [9.17, 15) is 4.79 Å². The molecule has 1 rings (SSSR count). The number of aromatic nitrogens is 2. The van der Waals surface area contributed by atoms with Crippen LogP contribution in [0.3, 0.4) is 0 Å². The van der Waals surface area contributed by atoms with Crippen LogP contribution in [0.4, 0.5) is 5.82 Å². The molecule has 0 radical (unpaired) electrons. The van der Waals surface area contributed by atoms with Crippen molar-refractivity contribution >= 4 is 11.7 Å². The zero-order valence-electron chi connectivity index (χ0n) is 8.88. The summed E-state index contributed by atoms with van der Waals surface area (Å²) in [5, 5.41) is 17.8. The maximum absolute atomic E-state index is 11.3. The number of nitrogens with one attached hydrogen (secondary N) is 2. The minimum atomic E-state index is -0.280. The van der Waals surface area contributed by atoms with Gasteiger partial charge in [0, 0.05) is 6.08 Å². The van der Waals surface area contributed by atoms with Crippen molar-refractivity contribution < 1.29 is 4.79 Å². The number of carbonyl (C=O) groups excluding carboxylic acids is 1. The molecule has 5 nitrogen and oxygen atoms in total. The van der Waals surface area contributed by atoms with E-state index >= 15 is 0 Å². The van der Waals surface area contributed by atoms with Crippen LogP contribution in [0.15, 0.2) is 11.6 Å². The lowest BCUT2D eigenvalue weighted by Crippen LogP contribution is -2.09. The second-order valence-electron chi connectivity index (χ2n) is 3.39. The number of rotatable bonds is 2. The molecule has 0 spiro atoms. The van der Waals surface area contributed by atoms with Gasteiger partial charge in [0.25, 0.3) is 0 Å². The van der Waals surface area contributed by atoms with E-state index in [1.54, 1.807) is 6.92 Å². The molecule has 1 aromatic rings. The van der Waals surface area contributed by atoms with Gasteiger partial charge in [-0.3, -0.25) is 9.89 Å². The summed E-state index contributed by atoms with van der Waals surface area (Å²) in [4.78, 5) is 11.3. The number of aromatic amines is 1. The Morgan fingerprint density at radius 1 is 1.60 bits per heavy atom. The van der Waals surface area contributed by atoms with E-state index < -0.39 is 0 Å². The summed E-state index contributed by atoms with van der Waals surface area (Å²) in [5.74, 6) is -0.00417.